The summed E-state index contributed by atoms with van der Waals surface area (Å²) in [5.74, 6) is -0.524. The van der Waals surface area contributed by atoms with E-state index < -0.39 is 12.1 Å². The Kier molecular flexibility index (Phi) is 6.42. The van der Waals surface area contributed by atoms with Crippen molar-refractivity contribution < 1.29 is 23.9 Å². The van der Waals surface area contributed by atoms with E-state index in [2.05, 4.69) is 0 Å². The van der Waals surface area contributed by atoms with Crippen molar-refractivity contribution in [2.24, 2.45) is 5.92 Å². The number of rotatable bonds is 5. The largest absolute Gasteiger partial charge is 0.465 e. The molecule has 0 aliphatic carbocycles. The van der Waals surface area contributed by atoms with Gasteiger partial charge in [-0.05, 0) is 36.1 Å². The second-order valence-corrected chi connectivity index (χ2v) is 6.78. The highest BCUT2D eigenvalue weighted by Crippen LogP contribution is 2.34. The molecule has 6 heteroatoms. The maximum atomic E-state index is 12.7. The third kappa shape index (κ3) is 4.57. The van der Waals surface area contributed by atoms with E-state index in [1.807, 2.05) is 30.3 Å². The van der Waals surface area contributed by atoms with Gasteiger partial charge < -0.3 is 19.2 Å². The Morgan fingerprint density at radius 1 is 1.11 bits per heavy atom. The molecule has 1 aliphatic heterocycles. The van der Waals surface area contributed by atoms with Crippen LogP contribution in [0, 0.1) is 5.92 Å². The van der Waals surface area contributed by atoms with Crippen LogP contribution in [-0.4, -0.2) is 36.9 Å². The van der Waals surface area contributed by atoms with Gasteiger partial charge in [0.2, 0.25) is 0 Å². The number of carbonyl (C=O) groups excluding carboxylic acids is 3. The first kappa shape index (κ1) is 19.6. The van der Waals surface area contributed by atoms with Gasteiger partial charge >= 0.3 is 12.1 Å². The highest BCUT2D eigenvalue weighted by atomic mass is 16.6. The molecular weight excluding hydrogens is 358 g/mol. The summed E-state index contributed by atoms with van der Waals surface area (Å²) in [6.07, 6.45) is 1.68. The Morgan fingerprint density at radius 2 is 1.82 bits per heavy atom. The van der Waals surface area contributed by atoms with Crippen LogP contribution in [0.5, 0.6) is 0 Å². The second kappa shape index (κ2) is 9.17. The minimum atomic E-state index is -0.417. The second-order valence-electron chi connectivity index (χ2n) is 6.78. The average molecular weight is 381 g/mol. The minimum absolute atomic E-state index is 0.108. The van der Waals surface area contributed by atoms with Gasteiger partial charge in [0.25, 0.3) is 0 Å². The molecule has 0 radical (unpaired) electrons. The van der Waals surface area contributed by atoms with E-state index in [0.29, 0.717) is 24.9 Å². The summed E-state index contributed by atoms with van der Waals surface area (Å²) in [7, 11) is 1.33. The van der Waals surface area contributed by atoms with E-state index in [1.165, 1.54) is 7.11 Å². The number of esters is 1. The first-order valence-electron chi connectivity index (χ1n) is 9.23. The average Bonchev–Trinajstić information content (AvgIpc) is 2.77. The van der Waals surface area contributed by atoms with Crippen LogP contribution in [0.4, 0.5) is 4.79 Å². The van der Waals surface area contributed by atoms with Crippen molar-refractivity contribution in [1.29, 1.82) is 0 Å². The quantitative estimate of drug-likeness (QED) is 0.582. The van der Waals surface area contributed by atoms with Gasteiger partial charge in [0.1, 0.15) is 12.9 Å². The fourth-order valence-corrected chi connectivity index (χ4v) is 3.41. The minimum Gasteiger partial charge on any atom is -0.465 e. The summed E-state index contributed by atoms with van der Waals surface area (Å²) < 4.78 is 10.2. The van der Waals surface area contributed by atoms with E-state index in [4.69, 9.17) is 9.47 Å². The molecular formula is C22H23NO5. The number of piperidine rings is 1. The smallest absolute Gasteiger partial charge is 0.410 e. The molecule has 1 aliphatic rings. The van der Waals surface area contributed by atoms with Crippen LogP contribution in [0.15, 0.2) is 54.6 Å². The summed E-state index contributed by atoms with van der Waals surface area (Å²) in [6.45, 7) is 0.641. The topological polar surface area (TPSA) is 72.9 Å². The monoisotopic (exact) mass is 381 g/mol. The molecule has 0 bridgehead atoms. The Bertz CT molecular complexity index is 819. The van der Waals surface area contributed by atoms with Crippen molar-refractivity contribution in [2.45, 2.75) is 25.5 Å². The Balaban J connectivity index is 1.75. The van der Waals surface area contributed by atoms with Crippen LogP contribution >= 0.6 is 0 Å². The summed E-state index contributed by atoms with van der Waals surface area (Å²) in [4.78, 5) is 37.3. The van der Waals surface area contributed by atoms with Crippen LogP contribution < -0.4 is 0 Å². The van der Waals surface area contributed by atoms with Gasteiger partial charge in [-0.3, -0.25) is 0 Å². The van der Waals surface area contributed by atoms with Crippen molar-refractivity contribution in [1.82, 2.24) is 4.90 Å². The van der Waals surface area contributed by atoms with Crippen LogP contribution in [0.1, 0.15) is 40.4 Å². The first-order chi connectivity index (χ1) is 13.6. The Hall–Kier alpha value is -3.15. The number of hydrogen-bond acceptors (Lipinski definition) is 5. The zero-order chi connectivity index (χ0) is 19.9. The molecule has 0 spiro atoms. The summed E-state index contributed by atoms with van der Waals surface area (Å²) in [5, 5.41) is 0. The Labute approximate surface area is 164 Å². The van der Waals surface area contributed by atoms with Crippen molar-refractivity contribution in [3.63, 3.8) is 0 Å². The molecule has 1 saturated heterocycles. The molecule has 2 aromatic rings. The van der Waals surface area contributed by atoms with Crippen LogP contribution in [0.25, 0.3) is 0 Å². The first-order valence-corrected chi connectivity index (χ1v) is 9.23. The number of benzene rings is 2. The van der Waals surface area contributed by atoms with Crippen LogP contribution in [0.2, 0.25) is 0 Å². The van der Waals surface area contributed by atoms with Crippen molar-refractivity contribution in [2.75, 3.05) is 13.7 Å². The predicted octanol–water partition coefficient (Wildman–Crippen LogP) is 3.76. The maximum Gasteiger partial charge on any atom is 0.410 e. The fraction of sp³-hybridized carbons (Fsp3) is 0.318. The van der Waals surface area contributed by atoms with Crippen molar-refractivity contribution >= 4 is 18.3 Å². The van der Waals surface area contributed by atoms with E-state index in [-0.39, 0.29) is 18.6 Å². The maximum absolute atomic E-state index is 12.7. The summed E-state index contributed by atoms with van der Waals surface area (Å²) >= 11 is 0. The van der Waals surface area contributed by atoms with Gasteiger partial charge in [0.05, 0.1) is 18.7 Å². The Morgan fingerprint density at radius 3 is 2.46 bits per heavy atom. The highest BCUT2D eigenvalue weighted by molar-refractivity contribution is 5.89. The number of methoxy groups -OCH3 is 1. The number of hydrogen-bond donors (Lipinski definition) is 0. The number of ether oxygens (including phenoxy) is 2. The van der Waals surface area contributed by atoms with Crippen LogP contribution in [0.3, 0.4) is 0 Å². The van der Waals surface area contributed by atoms with E-state index in [9.17, 15) is 14.4 Å². The lowest BCUT2D eigenvalue weighted by molar-refractivity contribution is -0.113. The number of likely N-dealkylation sites (tertiary alicyclic amines) is 1. The van der Waals surface area contributed by atoms with Gasteiger partial charge in [-0.1, -0.05) is 42.5 Å². The molecule has 1 fully saturated rings. The molecule has 6 nitrogen and oxygen atoms in total. The third-order valence-corrected chi connectivity index (χ3v) is 4.99. The molecule has 146 valence electrons. The predicted molar refractivity (Wildman–Crippen MR) is 103 cm³/mol. The van der Waals surface area contributed by atoms with Gasteiger partial charge in [-0.25, -0.2) is 9.59 Å². The van der Waals surface area contributed by atoms with E-state index in [1.54, 1.807) is 29.2 Å². The van der Waals surface area contributed by atoms with Crippen molar-refractivity contribution in [3.05, 3.63) is 71.3 Å². The summed E-state index contributed by atoms with van der Waals surface area (Å²) in [5.41, 5.74) is 2.21. The lowest BCUT2D eigenvalue weighted by Gasteiger charge is -2.37. The highest BCUT2D eigenvalue weighted by Gasteiger charge is 2.33. The molecule has 1 amide bonds. The molecule has 1 unspecified atom stereocenters. The molecule has 1 heterocycles. The third-order valence-electron chi connectivity index (χ3n) is 4.99. The lowest BCUT2D eigenvalue weighted by Crippen LogP contribution is -2.41. The molecule has 0 aromatic heterocycles. The van der Waals surface area contributed by atoms with Gasteiger partial charge in [-0.2, -0.15) is 0 Å². The molecule has 2 aromatic carbocycles. The fourth-order valence-electron chi connectivity index (χ4n) is 3.41. The van der Waals surface area contributed by atoms with Crippen molar-refractivity contribution in [3.8, 4) is 0 Å². The number of aldehydes is 1. The zero-order valence-electron chi connectivity index (χ0n) is 15.7. The molecule has 3 rings (SSSR count). The van der Waals surface area contributed by atoms with Gasteiger partial charge in [0.15, 0.2) is 0 Å². The lowest BCUT2D eigenvalue weighted by atomic mass is 9.88. The van der Waals surface area contributed by atoms with Crippen LogP contribution in [-0.2, 0) is 20.9 Å². The molecule has 28 heavy (non-hydrogen) atoms. The number of carbonyl (C=O) groups is 3. The summed E-state index contributed by atoms with van der Waals surface area (Å²) in [6, 6.07) is 16.1. The molecule has 2 atom stereocenters. The number of nitrogens with zero attached hydrogens (tertiary/aromatic N) is 1. The standard InChI is InChI=1S/C22H23NO5/c1-27-21(25)19-9-7-18(8-10-19)20-13-17(14-24)11-12-23(20)22(26)28-15-16-5-3-2-4-6-16/h2-10,14,17,20H,11-13,15H2,1H3/t17?,20-/m0/s1. The number of amides is 1. The van der Waals surface area contributed by atoms with Gasteiger partial charge in [0, 0.05) is 12.5 Å². The van der Waals surface area contributed by atoms with E-state index >= 15 is 0 Å². The zero-order valence-corrected chi connectivity index (χ0v) is 15.7. The molecule has 0 saturated carbocycles. The normalized spacial score (nSPS) is 19.0. The SMILES string of the molecule is COC(=O)c1ccc([C@@H]2CC(C=O)CCN2C(=O)OCc2ccccc2)cc1. The van der Waals surface area contributed by atoms with E-state index in [0.717, 1.165) is 17.4 Å². The van der Waals surface area contributed by atoms with Gasteiger partial charge in [-0.15, -0.1) is 0 Å². The molecule has 0 N–H and O–H groups in total.